The molecule has 0 saturated carbocycles. The first-order chi connectivity index (χ1) is 5.26. The Morgan fingerprint density at radius 1 is 1.55 bits per heavy atom. The Morgan fingerprint density at radius 2 is 2.18 bits per heavy atom. The third-order valence-corrected chi connectivity index (χ3v) is 1.72. The van der Waals surface area contributed by atoms with Crippen molar-refractivity contribution in [2.45, 2.75) is 26.2 Å². The van der Waals surface area contributed by atoms with Gasteiger partial charge in [-0.05, 0) is 12.5 Å². The van der Waals surface area contributed by atoms with E-state index < -0.39 is 0 Å². The van der Waals surface area contributed by atoms with Gasteiger partial charge in [-0.1, -0.05) is 32.4 Å². The SMILES string of the molecule is C=CC(=O)C(C=C)CCCC. The molecule has 0 aliphatic heterocycles. The van der Waals surface area contributed by atoms with Crippen molar-refractivity contribution in [2.24, 2.45) is 5.92 Å². The Kier molecular flexibility index (Phi) is 5.44. The van der Waals surface area contributed by atoms with Crippen LogP contribution in [0.1, 0.15) is 26.2 Å². The van der Waals surface area contributed by atoms with Crippen LogP contribution in [-0.2, 0) is 4.79 Å². The second-order valence-corrected chi connectivity index (χ2v) is 2.59. The van der Waals surface area contributed by atoms with Crippen LogP contribution in [0, 0.1) is 5.92 Å². The minimum absolute atomic E-state index is 0.00699. The second kappa shape index (κ2) is 5.90. The standard InChI is InChI=1S/C10H16O/c1-4-7-8-9(5-2)10(11)6-3/h5-6,9H,2-4,7-8H2,1H3. The number of unbranched alkanes of at least 4 members (excludes halogenated alkanes) is 1. The summed E-state index contributed by atoms with van der Waals surface area (Å²) in [6.07, 6.45) is 6.19. The van der Waals surface area contributed by atoms with Gasteiger partial charge >= 0.3 is 0 Å². The van der Waals surface area contributed by atoms with Crippen molar-refractivity contribution in [3.05, 3.63) is 25.3 Å². The predicted molar refractivity (Wildman–Crippen MR) is 48.4 cm³/mol. The van der Waals surface area contributed by atoms with Gasteiger partial charge in [0.2, 0.25) is 0 Å². The average Bonchev–Trinajstić information content (AvgIpc) is 2.05. The maximum absolute atomic E-state index is 11.1. The lowest BCUT2D eigenvalue weighted by molar-refractivity contribution is -0.117. The molecule has 0 rings (SSSR count). The summed E-state index contributed by atoms with van der Waals surface area (Å²) in [6, 6.07) is 0. The van der Waals surface area contributed by atoms with E-state index in [2.05, 4.69) is 20.1 Å². The molecule has 0 amide bonds. The maximum Gasteiger partial charge on any atom is 0.161 e. The first-order valence-electron chi connectivity index (χ1n) is 4.05. The minimum Gasteiger partial charge on any atom is -0.294 e. The Balaban J connectivity index is 3.84. The maximum atomic E-state index is 11.1. The highest BCUT2D eigenvalue weighted by Crippen LogP contribution is 2.10. The molecular weight excluding hydrogens is 136 g/mol. The van der Waals surface area contributed by atoms with Crippen molar-refractivity contribution in [3.63, 3.8) is 0 Å². The summed E-state index contributed by atoms with van der Waals surface area (Å²) in [5.74, 6) is 0.0842. The second-order valence-electron chi connectivity index (χ2n) is 2.59. The molecule has 0 heterocycles. The highest BCUT2D eigenvalue weighted by atomic mass is 16.1. The van der Waals surface area contributed by atoms with Crippen molar-refractivity contribution >= 4 is 5.78 Å². The number of carbonyl (C=O) groups excluding carboxylic acids is 1. The fraction of sp³-hybridized carbons (Fsp3) is 0.500. The third kappa shape index (κ3) is 3.76. The van der Waals surface area contributed by atoms with Gasteiger partial charge in [-0.3, -0.25) is 4.79 Å². The van der Waals surface area contributed by atoms with Crippen molar-refractivity contribution in [1.82, 2.24) is 0 Å². The van der Waals surface area contributed by atoms with Crippen LogP contribution < -0.4 is 0 Å². The molecule has 0 N–H and O–H groups in total. The molecule has 0 aromatic heterocycles. The molecule has 0 aromatic rings. The van der Waals surface area contributed by atoms with Crippen LogP contribution >= 0.6 is 0 Å². The molecule has 11 heavy (non-hydrogen) atoms. The van der Waals surface area contributed by atoms with E-state index in [1.807, 2.05) is 0 Å². The topological polar surface area (TPSA) is 17.1 Å². The minimum atomic E-state index is -0.00699. The average molecular weight is 152 g/mol. The first kappa shape index (κ1) is 10.2. The van der Waals surface area contributed by atoms with Gasteiger partial charge in [0.25, 0.3) is 0 Å². The summed E-state index contributed by atoms with van der Waals surface area (Å²) in [5.41, 5.74) is 0. The van der Waals surface area contributed by atoms with Gasteiger partial charge in [0, 0.05) is 5.92 Å². The molecule has 0 aliphatic rings. The van der Waals surface area contributed by atoms with E-state index in [-0.39, 0.29) is 11.7 Å². The van der Waals surface area contributed by atoms with E-state index in [4.69, 9.17) is 0 Å². The van der Waals surface area contributed by atoms with Crippen LogP contribution in [0.3, 0.4) is 0 Å². The number of ketones is 1. The molecule has 0 aliphatic carbocycles. The van der Waals surface area contributed by atoms with E-state index in [1.54, 1.807) is 6.08 Å². The Hall–Kier alpha value is -0.850. The predicted octanol–water partition coefficient (Wildman–Crippen LogP) is 2.73. The van der Waals surface area contributed by atoms with Crippen LogP contribution in [0.25, 0.3) is 0 Å². The van der Waals surface area contributed by atoms with Crippen molar-refractivity contribution in [3.8, 4) is 0 Å². The van der Waals surface area contributed by atoms with Crippen LogP contribution in [0.2, 0.25) is 0 Å². The molecule has 62 valence electrons. The van der Waals surface area contributed by atoms with Crippen LogP contribution in [-0.4, -0.2) is 5.78 Å². The largest absolute Gasteiger partial charge is 0.294 e. The monoisotopic (exact) mass is 152 g/mol. The highest BCUT2D eigenvalue weighted by Gasteiger charge is 2.09. The van der Waals surface area contributed by atoms with Gasteiger partial charge in [-0.25, -0.2) is 0 Å². The van der Waals surface area contributed by atoms with E-state index >= 15 is 0 Å². The summed E-state index contributed by atoms with van der Waals surface area (Å²) < 4.78 is 0. The zero-order valence-corrected chi connectivity index (χ0v) is 7.18. The smallest absolute Gasteiger partial charge is 0.161 e. The highest BCUT2D eigenvalue weighted by molar-refractivity contribution is 5.92. The molecule has 1 unspecified atom stereocenters. The molecule has 1 heteroatoms. The number of carbonyl (C=O) groups is 1. The van der Waals surface area contributed by atoms with Crippen LogP contribution in [0.5, 0.6) is 0 Å². The molecule has 0 aromatic carbocycles. The summed E-state index contributed by atoms with van der Waals surface area (Å²) in [5, 5.41) is 0. The fourth-order valence-corrected chi connectivity index (χ4v) is 0.952. The van der Waals surface area contributed by atoms with Crippen LogP contribution in [0.4, 0.5) is 0 Å². The lowest BCUT2D eigenvalue weighted by Gasteiger charge is -2.06. The van der Waals surface area contributed by atoms with Crippen molar-refractivity contribution < 1.29 is 4.79 Å². The van der Waals surface area contributed by atoms with Gasteiger partial charge in [0.1, 0.15) is 0 Å². The summed E-state index contributed by atoms with van der Waals surface area (Å²) in [7, 11) is 0. The molecule has 0 fully saturated rings. The molecule has 0 radical (unpaired) electrons. The van der Waals surface area contributed by atoms with E-state index in [0.29, 0.717) is 0 Å². The lowest BCUT2D eigenvalue weighted by atomic mass is 9.98. The summed E-state index contributed by atoms with van der Waals surface area (Å²) >= 11 is 0. The van der Waals surface area contributed by atoms with Gasteiger partial charge in [-0.15, -0.1) is 6.58 Å². The summed E-state index contributed by atoms with van der Waals surface area (Å²) in [4.78, 5) is 11.1. The Labute approximate surface area is 68.8 Å². The lowest BCUT2D eigenvalue weighted by Crippen LogP contribution is -2.08. The van der Waals surface area contributed by atoms with Gasteiger partial charge in [0.15, 0.2) is 5.78 Å². The van der Waals surface area contributed by atoms with Gasteiger partial charge in [-0.2, -0.15) is 0 Å². The third-order valence-electron chi connectivity index (χ3n) is 1.72. The quantitative estimate of drug-likeness (QED) is 0.422. The van der Waals surface area contributed by atoms with E-state index in [1.165, 1.54) is 6.08 Å². The zero-order chi connectivity index (χ0) is 8.69. The van der Waals surface area contributed by atoms with Gasteiger partial charge in [0.05, 0.1) is 0 Å². The number of allylic oxidation sites excluding steroid dienone is 2. The fourth-order valence-electron chi connectivity index (χ4n) is 0.952. The van der Waals surface area contributed by atoms with E-state index in [0.717, 1.165) is 19.3 Å². The number of hydrogen-bond acceptors (Lipinski definition) is 1. The van der Waals surface area contributed by atoms with Crippen LogP contribution in [0.15, 0.2) is 25.3 Å². The zero-order valence-electron chi connectivity index (χ0n) is 7.18. The van der Waals surface area contributed by atoms with Crippen molar-refractivity contribution in [1.29, 1.82) is 0 Å². The molecule has 1 nitrogen and oxygen atoms in total. The molecule has 0 bridgehead atoms. The molecular formula is C10H16O. The molecule has 1 atom stereocenters. The molecule has 0 saturated heterocycles. The summed E-state index contributed by atoms with van der Waals surface area (Å²) in [6.45, 7) is 9.16. The molecule has 0 spiro atoms. The Bertz CT molecular complexity index is 147. The first-order valence-corrected chi connectivity index (χ1v) is 4.05. The Morgan fingerprint density at radius 3 is 2.55 bits per heavy atom. The number of rotatable bonds is 6. The normalized spacial score (nSPS) is 12.1. The number of hydrogen-bond donors (Lipinski definition) is 0. The van der Waals surface area contributed by atoms with Crippen molar-refractivity contribution in [2.75, 3.05) is 0 Å². The van der Waals surface area contributed by atoms with E-state index in [9.17, 15) is 4.79 Å². The van der Waals surface area contributed by atoms with Gasteiger partial charge < -0.3 is 0 Å².